The fraction of sp³-hybridized carbons (Fsp3) is 0.821. The second-order valence-corrected chi connectivity index (χ2v) is 14.4. The van der Waals surface area contributed by atoms with Crippen LogP contribution in [0.3, 0.4) is 0 Å². The van der Waals surface area contributed by atoms with E-state index in [-0.39, 0.29) is 17.9 Å². The van der Waals surface area contributed by atoms with Crippen molar-refractivity contribution in [2.24, 2.45) is 40.9 Å². The van der Waals surface area contributed by atoms with Crippen LogP contribution in [0.5, 0.6) is 0 Å². The second kappa shape index (κ2) is 8.96. The molecule has 186 valence electrons. The van der Waals surface area contributed by atoms with Crippen LogP contribution in [0.25, 0.3) is 4.85 Å². The lowest BCUT2D eigenvalue weighted by molar-refractivity contribution is -0.133. The number of nitrogens with zero attached hydrogens (tertiary/aromatic N) is 3. The molecule has 0 aliphatic heterocycles. The van der Waals surface area contributed by atoms with Crippen LogP contribution in [0.15, 0.2) is 12.4 Å². The first-order chi connectivity index (χ1) is 16.1. The van der Waals surface area contributed by atoms with Gasteiger partial charge in [0, 0.05) is 17.4 Å². The van der Waals surface area contributed by atoms with Crippen LogP contribution < -0.4 is 0 Å². The lowest BCUT2D eigenvalue weighted by atomic mass is 9.49. The Morgan fingerprint density at radius 2 is 2.00 bits per heavy atom. The highest BCUT2D eigenvalue weighted by atomic mass is 32.2. The first-order valence-electron chi connectivity index (χ1n) is 13.4. The molecule has 0 spiro atoms. The summed E-state index contributed by atoms with van der Waals surface area (Å²) in [5, 5.41) is 16.1. The van der Waals surface area contributed by atoms with Crippen LogP contribution in [-0.4, -0.2) is 36.8 Å². The van der Waals surface area contributed by atoms with E-state index < -0.39 is 5.60 Å². The van der Waals surface area contributed by atoms with Crippen molar-refractivity contribution in [1.82, 2.24) is 9.78 Å². The summed E-state index contributed by atoms with van der Waals surface area (Å²) in [6.07, 6.45) is 12.3. The molecule has 0 aromatic carbocycles. The number of thioether (sulfide) groups is 1. The van der Waals surface area contributed by atoms with Crippen LogP contribution in [0.2, 0.25) is 0 Å². The van der Waals surface area contributed by atoms with E-state index in [1.165, 1.54) is 25.7 Å². The first kappa shape index (κ1) is 24.4. The molecule has 4 fully saturated rings. The Labute approximate surface area is 209 Å². The molecule has 0 radical (unpaired) electrons. The average Bonchev–Trinajstić information content (AvgIpc) is 3.34. The van der Waals surface area contributed by atoms with E-state index in [4.69, 9.17) is 6.57 Å². The maximum Gasteiger partial charge on any atom is 0.224 e. The van der Waals surface area contributed by atoms with Crippen molar-refractivity contribution in [3.8, 4) is 0 Å². The molecule has 4 saturated carbocycles. The predicted octanol–water partition coefficient (Wildman–Crippen LogP) is 6.14. The smallest absolute Gasteiger partial charge is 0.224 e. The third-order valence-electron chi connectivity index (χ3n) is 10.1. The van der Waals surface area contributed by atoms with Gasteiger partial charge in [-0.15, -0.1) is 0 Å². The lowest BCUT2D eigenvalue weighted by Crippen LogP contribution is -2.52. The number of carbonyl (C=O) groups is 1. The van der Waals surface area contributed by atoms with Gasteiger partial charge in [0.2, 0.25) is 5.69 Å². The summed E-state index contributed by atoms with van der Waals surface area (Å²) < 4.78 is 1.67. The van der Waals surface area contributed by atoms with Gasteiger partial charge in [-0.05, 0) is 98.5 Å². The van der Waals surface area contributed by atoms with Gasteiger partial charge in [0.05, 0.1) is 24.9 Å². The summed E-state index contributed by atoms with van der Waals surface area (Å²) in [5.41, 5.74) is 0.0888. The fourth-order valence-electron chi connectivity index (χ4n) is 8.87. The molecule has 1 aromatic rings. The van der Waals surface area contributed by atoms with Crippen LogP contribution in [-0.2, 0) is 11.3 Å². The zero-order chi connectivity index (χ0) is 24.3. The Morgan fingerprint density at radius 1 is 1.24 bits per heavy atom. The number of ketones is 1. The summed E-state index contributed by atoms with van der Waals surface area (Å²) in [7, 11) is 0. The summed E-state index contributed by atoms with van der Waals surface area (Å²) in [6, 6.07) is 0. The van der Waals surface area contributed by atoms with Gasteiger partial charge in [-0.1, -0.05) is 20.8 Å². The Balaban J connectivity index is 1.39. The van der Waals surface area contributed by atoms with Crippen LogP contribution in [0.4, 0.5) is 5.69 Å². The number of hydrogen-bond donors (Lipinski definition) is 1. The Kier molecular flexibility index (Phi) is 6.43. The molecule has 0 bridgehead atoms. The highest BCUT2D eigenvalue weighted by Gasteiger charge is 2.62. The number of rotatable bonds is 5. The Bertz CT molecular complexity index is 965. The topological polar surface area (TPSA) is 59.5 Å². The quantitative estimate of drug-likeness (QED) is 0.511. The number of carbonyl (C=O) groups excluding carboxylic acids is 1. The standard InChI is InChI=1S/C28H41N3O2S/c1-17(2)34-25-12-23(24(32)16-31-15-19(29-5)14-30-31)28(4)11-9-21-20-8-10-27(3,33)13-18(20)6-7-22(21)26(25)28/h14-15,17-18,20-23,25-26,33H,6-13,16H2,1-4H3/t18-,20+,21-,22-,23-,25?,26-,27-,28-/m1/s1. The number of fused-ring (bicyclic) bond motifs is 5. The van der Waals surface area contributed by atoms with Crippen LogP contribution in [0, 0.1) is 47.5 Å². The van der Waals surface area contributed by atoms with E-state index in [0.717, 1.165) is 43.4 Å². The molecule has 34 heavy (non-hydrogen) atoms. The minimum absolute atomic E-state index is 0.0631. The predicted molar refractivity (Wildman–Crippen MR) is 137 cm³/mol. The number of aliphatic hydroxyl groups is 1. The van der Waals surface area contributed by atoms with Gasteiger partial charge in [-0.3, -0.25) is 9.48 Å². The Morgan fingerprint density at radius 3 is 2.71 bits per heavy atom. The van der Waals surface area contributed by atoms with Gasteiger partial charge in [0.15, 0.2) is 5.78 Å². The molecule has 1 aromatic heterocycles. The SMILES string of the molecule is [C-]#[N+]c1cnn(CC(=O)[C@H]2CC(SC(C)C)[C@H]3[C@@H]4CC[C@@H]5C[C@](C)(O)CC[C@@H]5[C@H]4CC[C@]23C)c1. The molecule has 5 rings (SSSR count). The average molecular weight is 484 g/mol. The molecule has 5 nitrogen and oxygen atoms in total. The van der Waals surface area contributed by atoms with Crippen molar-refractivity contribution in [2.75, 3.05) is 0 Å². The van der Waals surface area contributed by atoms with Crippen molar-refractivity contribution < 1.29 is 9.90 Å². The van der Waals surface area contributed by atoms with Gasteiger partial charge in [0.1, 0.15) is 0 Å². The maximum absolute atomic E-state index is 13.7. The van der Waals surface area contributed by atoms with Crippen LogP contribution in [0.1, 0.15) is 79.1 Å². The zero-order valence-corrected chi connectivity index (χ0v) is 22.1. The van der Waals surface area contributed by atoms with Gasteiger partial charge in [-0.25, -0.2) is 4.85 Å². The second-order valence-electron chi connectivity index (χ2n) is 12.6. The van der Waals surface area contributed by atoms with Crippen LogP contribution >= 0.6 is 11.8 Å². The third kappa shape index (κ3) is 4.26. The molecule has 1 heterocycles. The summed E-state index contributed by atoms with van der Waals surface area (Å²) in [6.45, 7) is 16.5. The monoisotopic (exact) mass is 483 g/mol. The van der Waals surface area contributed by atoms with E-state index >= 15 is 0 Å². The number of Topliss-reactive ketones (excluding diaryl/α,β-unsaturated/α-hetero) is 1. The lowest BCUT2D eigenvalue weighted by Gasteiger charge is -2.57. The molecule has 1 unspecified atom stereocenters. The largest absolute Gasteiger partial charge is 0.390 e. The van der Waals surface area contributed by atoms with Gasteiger partial charge in [-0.2, -0.15) is 16.9 Å². The van der Waals surface area contributed by atoms with E-state index in [1.807, 2.05) is 6.92 Å². The van der Waals surface area contributed by atoms with Crippen molar-refractivity contribution in [3.05, 3.63) is 23.8 Å². The molecule has 4 aliphatic carbocycles. The fourth-order valence-corrected chi connectivity index (χ4v) is 10.6. The maximum atomic E-state index is 13.7. The van der Waals surface area contributed by atoms with Crippen molar-refractivity contribution in [2.45, 2.75) is 102 Å². The van der Waals surface area contributed by atoms with E-state index in [2.05, 4.69) is 42.5 Å². The Hall–Kier alpha value is -1.32. The molecule has 0 saturated heterocycles. The number of hydrogen-bond acceptors (Lipinski definition) is 4. The minimum Gasteiger partial charge on any atom is -0.390 e. The molecule has 4 aliphatic rings. The van der Waals surface area contributed by atoms with Crippen molar-refractivity contribution in [3.63, 3.8) is 0 Å². The third-order valence-corrected chi connectivity index (χ3v) is 11.5. The van der Waals surface area contributed by atoms with Crippen molar-refractivity contribution in [1.29, 1.82) is 0 Å². The van der Waals surface area contributed by atoms with Crippen molar-refractivity contribution >= 4 is 23.2 Å². The van der Waals surface area contributed by atoms with E-state index in [1.54, 1.807) is 17.1 Å². The number of aromatic nitrogens is 2. The highest BCUT2D eigenvalue weighted by molar-refractivity contribution is 8.00. The van der Waals surface area contributed by atoms with Gasteiger partial charge >= 0.3 is 0 Å². The molecular weight excluding hydrogens is 442 g/mol. The van der Waals surface area contributed by atoms with Gasteiger partial charge in [0.25, 0.3) is 0 Å². The summed E-state index contributed by atoms with van der Waals surface area (Å²) in [5.74, 6) is 3.92. The summed E-state index contributed by atoms with van der Waals surface area (Å²) >= 11 is 2.11. The molecular formula is C28H41N3O2S. The zero-order valence-electron chi connectivity index (χ0n) is 21.2. The molecule has 9 atom stereocenters. The van der Waals surface area contributed by atoms with E-state index in [0.29, 0.717) is 33.8 Å². The minimum atomic E-state index is -0.475. The highest BCUT2D eigenvalue weighted by Crippen LogP contribution is 2.66. The molecule has 6 heteroatoms. The molecule has 1 N–H and O–H groups in total. The van der Waals surface area contributed by atoms with E-state index in [9.17, 15) is 9.90 Å². The normalized spacial score (nSPS) is 43.6. The summed E-state index contributed by atoms with van der Waals surface area (Å²) in [4.78, 5) is 17.1. The first-order valence-corrected chi connectivity index (χ1v) is 14.4. The van der Waals surface area contributed by atoms with Gasteiger partial charge < -0.3 is 5.11 Å². The molecule has 0 amide bonds.